The lowest BCUT2D eigenvalue weighted by atomic mass is 9.74. The number of rotatable bonds is 1. The number of ether oxygens (including phenoxy) is 1. The van der Waals surface area contributed by atoms with Crippen LogP contribution in [0.15, 0.2) is 28.7 Å². The maximum absolute atomic E-state index is 13.1. The van der Waals surface area contributed by atoms with E-state index in [1.807, 2.05) is 36.1 Å². The Hall–Kier alpha value is -1.81. The molecule has 4 rings (SSSR count). The minimum atomic E-state index is 0.0366. The van der Waals surface area contributed by atoms with E-state index in [0.29, 0.717) is 5.76 Å². The van der Waals surface area contributed by atoms with Gasteiger partial charge in [-0.1, -0.05) is 18.2 Å². The molecule has 0 bridgehead atoms. The van der Waals surface area contributed by atoms with Gasteiger partial charge in [0.05, 0.1) is 0 Å². The van der Waals surface area contributed by atoms with Crippen LogP contribution in [0.4, 0.5) is 0 Å². The number of carbonyl (C=O) groups excluding carboxylic acids is 1. The van der Waals surface area contributed by atoms with Crippen LogP contribution < -0.4 is 0 Å². The van der Waals surface area contributed by atoms with Crippen molar-refractivity contribution in [3.63, 3.8) is 0 Å². The zero-order valence-corrected chi connectivity index (χ0v) is 13.8. The van der Waals surface area contributed by atoms with E-state index in [9.17, 15) is 4.79 Å². The second-order valence-electron chi connectivity index (χ2n) is 6.95. The number of amides is 1. The van der Waals surface area contributed by atoms with Crippen molar-refractivity contribution in [3.05, 3.63) is 35.6 Å². The van der Waals surface area contributed by atoms with Crippen molar-refractivity contribution < 1.29 is 13.9 Å². The van der Waals surface area contributed by atoms with Crippen molar-refractivity contribution >= 4 is 16.9 Å². The summed E-state index contributed by atoms with van der Waals surface area (Å²) in [5, 5.41) is 1.03. The number of nitrogens with zero attached hydrogens (tertiary/aromatic N) is 1. The highest BCUT2D eigenvalue weighted by atomic mass is 16.5. The molecule has 1 spiro atoms. The van der Waals surface area contributed by atoms with Crippen LogP contribution in [0.2, 0.25) is 0 Å². The molecule has 0 N–H and O–H groups in total. The number of carbonyl (C=O) groups is 1. The number of hydrogen-bond acceptors (Lipinski definition) is 3. The van der Waals surface area contributed by atoms with Gasteiger partial charge in [0, 0.05) is 36.8 Å². The summed E-state index contributed by atoms with van der Waals surface area (Å²) in [5.74, 6) is 0.539. The van der Waals surface area contributed by atoms with Gasteiger partial charge >= 0.3 is 0 Å². The summed E-state index contributed by atoms with van der Waals surface area (Å²) >= 11 is 0. The maximum atomic E-state index is 13.1. The van der Waals surface area contributed by atoms with Gasteiger partial charge in [-0.2, -0.15) is 0 Å². The minimum Gasteiger partial charge on any atom is -0.451 e. The highest BCUT2D eigenvalue weighted by Gasteiger charge is 2.47. The number of fused-ring (bicyclic) bond motifs is 1. The second kappa shape index (κ2) is 5.38. The molecule has 1 unspecified atom stereocenters. The van der Waals surface area contributed by atoms with Crippen molar-refractivity contribution in [1.82, 2.24) is 4.90 Å². The van der Waals surface area contributed by atoms with Crippen LogP contribution in [-0.2, 0) is 4.74 Å². The maximum Gasteiger partial charge on any atom is 0.290 e. The standard InChI is InChI=1S/C19H23NO3/c1-13-15-5-3-4-6-16(15)23-17(13)18(21)20-10-7-19(14(20)2)8-11-22-12-9-19/h3-6,14H,7-12H2,1-2H3. The third kappa shape index (κ3) is 2.19. The third-order valence-corrected chi connectivity index (χ3v) is 5.99. The number of aryl methyl sites for hydroxylation is 1. The lowest BCUT2D eigenvalue weighted by Crippen LogP contribution is -2.43. The molecule has 23 heavy (non-hydrogen) atoms. The molecule has 4 nitrogen and oxygen atoms in total. The van der Waals surface area contributed by atoms with E-state index in [1.165, 1.54) is 0 Å². The highest BCUT2D eigenvalue weighted by molar-refractivity contribution is 5.99. The molecular weight excluding hydrogens is 290 g/mol. The molecule has 2 aliphatic rings. The zero-order chi connectivity index (χ0) is 16.0. The van der Waals surface area contributed by atoms with Crippen LogP contribution in [0.3, 0.4) is 0 Å². The Kier molecular flexibility index (Phi) is 3.45. The average molecular weight is 313 g/mol. The molecule has 2 aromatic rings. The molecule has 0 radical (unpaired) electrons. The SMILES string of the molecule is Cc1c(C(=O)N2CCC3(CCOCC3)C2C)oc2ccccc12. The van der Waals surface area contributed by atoms with Crippen LogP contribution in [0.5, 0.6) is 0 Å². The predicted octanol–water partition coefficient (Wildman–Crippen LogP) is 3.77. The quantitative estimate of drug-likeness (QED) is 0.805. The Morgan fingerprint density at radius 3 is 2.70 bits per heavy atom. The van der Waals surface area contributed by atoms with Crippen LogP contribution in [-0.4, -0.2) is 36.6 Å². The number of benzene rings is 1. The summed E-state index contributed by atoms with van der Waals surface area (Å²) in [6, 6.07) is 8.10. The summed E-state index contributed by atoms with van der Waals surface area (Å²) < 4.78 is 11.4. The molecule has 2 saturated heterocycles. The van der Waals surface area contributed by atoms with Crippen molar-refractivity contribution in [2.75, 3.05) is 19.8 Å². The van der Waals surface area contributed by atoms with Gasteiger partial charge in [-0.15, -0.1) is 0 Å². The predicted molar refractivity (Wildman–Crippen MR) is 88.6 cm³/mol. The van der Waals surface area contributed by atoms with Crippen molar-refractivity contribution in [1.29, 1.82) is 0 Å². The molecule has 1 aromatic carbocycles. The molecular formula is C19H23NO3. The van der Waals surface area contributed by atoms with Gasteiger partial charge in [-0.05, 0) is 44.6 Å². The summed E-state index contributed by atoms with van der Waals surface area (Å²) in [6.07, 6.45) is 3.18. The van der Waals surface area contributed by atoms with E-state index >= 15 is 0 Å². The minimum absolute atomic E-state index is 0.0366. The second-order valence-corrected chi connectivity index (χ2v) is 6.95. The van der Waals surface area contributed by atoms with Crippen molar-refractivity contribution in [2.24, 2.45) is 5.41 Å². The first-order valence-corrected chi connectivity index (χ1v) is 8.49. The Bertz CT molecular complexity index is 742. The molecule has 2 aliphatic heterocycles. The fraction of sp³-hybridized carbons (Fsp3) is 0.526. The molecule has 1 amide bonds. The first-order valence-electron chi connectivity index (χ1n) is 8.49. The van der Waals surface area contributed by atoms with Gasteiger partial charge in [0.2, 0.25) is 0 Å². The van der Waals surface area contributed by atoms with Crippen LogP contribution in [0.1, 0.15) is 42.3 Å². The summed E-state index contributed by atoms with van der Waals surface area (Å²) in [7, 11) is 0. The summed E-state index contributed by atoms with van der Waals surface area (Å²) in [6.45, 7) is 6.61. The molecule has 3 heterocycles. The zero-order valence-electron chi connectivity index (χ0n) is 13.8. The first-order chi connectivity index (χ1) is 11.1. The molecule has 0 saturated carbocycles. The summed E-state index contributed by atoms with van der Waals surface area (Å²) in [4.78, 5) is 15.1. The van der Waals surface area contributed by atoms with Gasteiger partial charge in [-0.25, -0.2) is 0 Å². The van der Waals surface area contributed by atoms with E-state index in [-0.39, 0.29) is 17.4 Å². The molecule has 1 aromatic heterocycles. The van der Waals surface area contributed by atoms with Gasteiger partial charge in [0.15, 0.2) is 5.76 Å². The van der Waals surface area contributed by atoms with Crippen LogP contribution >= 0.6 is 0 Å². The number of likely N-dealkylation sites (tertiary alicyclic amines) is 1. The van der Waals surface area contributed by atoms with Gasteiger partial charge < -0.3 is 14.1 Å². The number of hydrogen-bond donors (Lipinski definition) is 0. The smallest absolute Gasteiger partial charge is 0.290 e. The Balaban J connectivity index is 1.65. The number of para-hydroxylation sites is 1. The van der Waals surface area contributed by atoms with Gasteiger partial charge in [0.25, 0.3) is 5.91 Å². The molecule has 0 aliphatic carbocycles. The van der Waals surface area contributed by atoms with Crippen molar-refractivity contribution in [2.45, 2.75) is 39.2 Å². The molecule has 122 valence electrons. The first kappa shape index (κ1) is 14.8. The largest absolute Gasteiger partial charge is 0.451 e. The number of furan rings is 1. The van der Waals surface area contributed by atoms with Gasteiger partial charge in [0.1, 0.15) is 5.58 Å². The molecule has 4 heteroatoms. The normalized spacial score (nSPS) is 23.7. The average Bonchev–Trinajstić information content (AvgIpc) is 3.07. The van der Waals surface area contributed by atoms with E-state index in [1.54, 1.807) is 0 Å². The van der Waals surface area contributed by atoms with Crippen molar-refractivity contribution in [3.8, 4) is 0 Å². The van der Waals surface area contributed by atoms with Gasteiger partial charge in [-0.3, -0.25) is 4.79 Å². The van der Waals surface area contributed by atoms with E-state index in [0.717, 1.165) is 55.6 Å². The third-order valence-electron chi connectivity index (χ3n) is 5.99. The summed E-state index contributed by atoms with van der Waals surface area (Å²) in [5.41, 5.74) is 1.97. The fourth-order valence-electron chi connectivity index (χ4n) is 4.31. The lowest BCUT2D eigenvalue weighted by molar-refractivity contribution is -0.000187. The van der Waals surface area contributed by atoms with E-state index < -0.39 is 0 Å². The topological polar surface area (TPSA) is 42.7 Å². The van der Waals surface area contributed by atoms with Crippen LogP contribution in [0.25, 0.3) is 11.0 Å². The van der Waals surface area contributed by atoms with E-state index in [4.69, 9.17) is 9.15 Å². The fourth-order valence-corrected chi connectivity index (χ4v) is 4.31. The Labute approximate surface area is 136 Å². The highest BCUT2D eigenvalue weighted by Crippen LogP contribution is 2.45. The molecule has 2 fully saturated rings. The Morgan fingerprint density at radius 2 is 1.96 bits per heavy atom. The van der Waals surface area contributed by atoms with Crippen LogP contribution in [0, 0.1) is 12.3 Å². The lowest BCUT2D eigenvalue weighted by Gasteiger charge is -2.38. The molecule has 1 atom stereocenters. The van der Waals surface area contributed by atoms with E-state index in [2.05, 4.69) is 6.92 Å². The monoisotopic (exact) mass is 313 g/mol. The Morgan fingerprint density at radius 1 is 1.22 bits per heavy atom.